The summed E-state index contributed by atoms with van der Waals surface area (Å²) in [6.07, 6.45) is -4.06. The number of ketones is 1. The Kier molecular flexibility index (Phi) is 5.10. The van der Waals surface area contributed by atoms with Gasteiger partial charge in [0.2, 0.25) is 5.91 Å². The van der Waals surface area contributed by atoms with Crippen LogP contribution < -0.4 is 10.2 Å². The number of piperidine rings is 1. The minimum Gasteiger partial charge on any atom is -0.317 e. The molecule has 0 aromatic heterocycles. The minimum atomic E-state index is -4.37. The number of carbonyl (C=O) groups excluding carboxylic acids is 2. The zero-order valence-corrected chi connectivity index (χ0v) is 14.8. The van der Waals surface area contributed by atoms with Crippen molar-refractivity contribution in [1.82, 2.24) is 5.32 Å². The molecular weight excluding hydrogens is 345 g/mol. The minimum absolute atomic E-state index is 0.143. The van der Waals surface area contributed by atoms with Crippen LogP contribution in [-0.4, -0.2) is 37.5 Å². The molecule has 2 aliphatic rings. The van der Waals surface area contributed by atoms with Gasteiger partial charge in [0.25, 0.3) is 0 Å². The first-order chi connectivity index (χ1) is 12.3. The lowest BCUT2D eigenvalue weighted by atomic mass is 9.72. The molecule has 7 heteroatoms. The normalized spacial score (nSPS) is 19.1. The number of benzene rings is 1. The highest BCUT2D eigenvalue weighted by Crippen LogP contribution is 2.48. The van der Waals surface area contributed by atoms with E-state index in [1.807, 2.05) is 19.1 Å². The maximum atomic E-state index is 13.3. The zero-order chi connectivity index (χ0) is 18.9. The summed E-state index contributed by atoms with van der Waals surface area (Å²) in [5.41, 5.74) is 2.08. The van der Waals surface area contributed by atoms with Crippen LogP contribution in [0.15, 0.2) is 18.2 Å². The van der Waals surface area contributed by atoms with Crippen LogP contribution in [0.1, 0.15) is 43.7 Å². The van der Waals surface area contributed by atoms with Gasteiger partial charge < -0.3 is 10.2 Å². The van der Waals surface area contributed by atoms with E-state index in [2.05, 4.69) is 5.32 Å². The van der Waals surface area contributed by atoms with Gasteiger partial charge in [-0.1, -0.05) is 19.1 Å². The number of amides is 1. The number of anilines is 1. The van der Waals surface area contributed by atoms with E-state index in [9.17, 15) is 22.8 Å². The first kappa shape index (κ1) is 18.9. The van der Waals surface area contributed by atoms with E-state index in [1.165, 1.54) is 4.90 Å². The molecule has 1 fully saturated rings. The van der Waals surface area contributed by atoms with Crippen LogP contribution in [0.25, 0.3) is 0 Å². The van der Waals surface area contributed by atoms with Gasteiger partial charge in [-0.2, -0.15) is 13.2 Å². The van der Waals surface area contributed by atoms with Crippen LogP contribution in [-0.2, 0) is 21.4 Å². The molecule has 2 aliphatic heterocycles. The van der Waals surface area contributed by atoms with Crippen molar-refractivity contribution < 1.29 is 22.8 Å². The number of Topliss-reactive ketones (excluding diaryl/α,β-unsaturated/α-hetero) is 1. The molecular formula is C19H23F3N2O2. The molecule has 0 saturated carbocycles. The number of rotatable bonds is 5. The van der Waals surface area contributed by atoms with Gasteiger partial charge in [-0.25, -0.2) is 0 Å². The smallest absolute Gasteiger partial charge is 0.317 e. The van der Waals surface area contributed by atoms with E-state index in [0.29, 0.717) is 31.6 Å². The van der Waals surface area contributed by atoms with Gasteiger partial charge in [0, 0.05) is 12.1 Å². The van der Waals surface area contributed by atoms with E-state index >= 15 is 0 Å². The van der Waals surface area contributed by atoms with Gasteiger partial charge in [0.15, 0.2) is 5.78 Å². The topological polar surface area (TPSA) is 49.4 Å². The molecule has 1 aromatic carbocycles. The number of hydrogen-bond acceptors (Lipinski definition) is 3. The summed E-state index contributed by atoms with van der Waals surface area (Å²) >= 11 is 0. The second kappa shape index (κ2) is 7.02. The molecule has 3 rings (SSSR count). The maximum absolute atomic E-state index is 13.3. The van der Waals surface area contributed by atoms with Crippen LogP contribution in [0.2, 0.25) is 0 Å². The Morgan fingerprint density at radius 3 is 2.58 bits per heavy atom. The van der Waals surface area contributed by atoms with Gasteiger partial charge in [0.1, 0.15) is 0 Å². The van der Waals surface area contributed by atoms with Crippen molar-refractivity contribution >= 4 is 17.4 Å². The standard InChI is InChI=1S/C19H23F3N2O2/c1-2-13-4-3-5-15-16(13)18(8-10-23-11-9-18)17(26)24(15)12-14(25)6-7-19(20,21)22/h3-5,23H,2,6-12H2,1H3. The Hall–Kier alpha value is -1.89. The third kappa shape index (κ3) is 3.37. The third-order valence-corrected chi connectivity index (χ3v) is 5.41. The van der Waals surface area contributed by atoms with Crippen molar-refractivity contribution in [2.75, 3.05) is 24.5 Å². The second-order valence-electron chi connectivity index (χ2n) is 7.04. The highest BCUT2D eigenvalue weighted by atomic mass is 19.4. The average molecular weight is 368 g/mol. The monoisotopic (exact) mass is 368 g/mol. The largest absolute Gasteiger partial charge is 0.389 e. The molecule has 1 spiro atoms. The Bertz CT molecular complexity index is 709. The van der Waals surface area contributed by atoms with Gasteiger partial charge in [-0.15, -0.1) is 0 Å². The Morgan fingerprint density at radius 1 is 1.27 bits per heavy atom. The highest BCUT2D eigenvalue weighted by Gasteiger charge is 2.52. The van der Waals surface area contributed by atoms with Crippen molar-refractivity contribution in [1.29, 1.82) is 0 Å². The number of nitrogens with zero attached hydrogens (tertiary/aromatic N) is 1. The predicted octanol–water partition coefficient (Wildman–Crippen LogP) is 3.13. The highest BCUT2D eigenvalue weighted by molar-refractivity contribution is 6.11. The Labute approximate surface area is 150 Å². The average Bonchev–Trinajstić information content (AvgIpc) is 2.83. The summed E-state index contributed by atoms with van der Waals surface area (Å²) in [7, 11) is 0. The van der Waals surface area contributed by atoms with Gasteiger partial charge in [-0.05, 0) is 49.5 Å². The summed E-state index contributed by atoms with van der Waals surface area (Å²) in [6, 6.07) is 5.64. The Balaban J connectivity index is 1.91. The fraction of sp³-hybridized carbons (Fsp3) is 0.579. The van der Waals surface area contributed by atoms with Crippen molar-refractivity contribution in [3.05, 3.63) is 29.3 Å². The van der Waals surface area contributed by atoms with E-state index in [1.54, 1.807) is 6.07 Å². The molecule has 1 aromatic rings. The summed E-state index contributed by atoms with van der Waals surface area (Å²) in [6.45, 7) is 3.15. The molecule has 0 bridgehead atoms. The predicted molar refractivity (Wildman–Crippen MR) is 92.3 cm³/mol. The lowest BCUT2D eigenvalue weighted by Gasteiger charge is -2.34. The van der Waals surface area contributed by atoms with Crippen molar-refractivity contribution in [2.45, 2.75) is 50.6 Å². The first-order valence-electron chi connectivity index (χ1n) is 9.02. The van der Waals surface area contributed by atoms with Crippen LogP contribution in [0.5, 0.6) is 0 Å². The molecule has 26 heavy (non-hydrogen) atoms. The first-order valence-corrected chi connectivity index (χ1v) is 9.02. The van der Waals surface area contributed by atoms with Crippen molar-refractivity contribution in [3.8, 4) is 0 Å². The molecule has 2 heterocycles. The number of nitrogens with one attached hydrogen (secondary N) is 1. The Morgan fingerprint density at radius 2 is 1.96 bits per heavy atom. The number of fused-ring (bicyclic) bond motifs is 2. The zero-order valence-electron chi connectivity index (χ0n) is 14.8. The van der Waals surface area contributed by atoms with Crippen LogP contribution in [0.3, 0.4) is 0 Å². The number of hydrogen-bond donors (Lipinski definition) is 1. The number of carbonyl (C=O) groups is 2. The van der Waals surface area contributed by atoms with E-state index in [4.69, 9.17) is 0 Å². The van der Waals surface area contributed by atoms with E-state index in [0.717, 1.165) is 17.5 Å². The van der Waals surface area contributed by atoms with Crippen LogP contribution >= 0.6 is 0 Å². The SMILES string of the molecule is CCc1cccc2c1C1(CCNCC1)C(=O)N2CC(=O)CCC(F)(F)F. The van der Waals surface area contributed by atoms with Crippen molar-refractivity contribution in [2.24, 2.45) is 0 Å². The summed E-state index contributed by atoms with van der Waals surface area (Å²) in [5, 5.41) is 3.25. The van der Waals surface area contributed by atoms with Gasteiger partial charge in [0.05, 0.1) is 18.4 Å². The number of halogens is 3. The molecule has 0 atom stereocenters. The fourth-order valence-electron chi connectivity index (χ4n) is 4.14. The molecule has 0 unspecified atom stereocenters. The van der Waals surface area contributed by atoms with Gasteiger partial charge in [-0.3, -0.25) is 9.59 Å². The lowest BCUT2D eigenvalue weighted by molar-refractivity contribution is -0.142. The molecule has 0 radical (unpaired) electrons. The van der Waals surface area contributed by atoms with Crippen LogP contribution in [0.4, 0.5) is 18.9 Å². The molecule has 1 saturated heterocycles. The summed E-state index contributed by atoms with van der Waals surface area (Å²) < 4.78 is 37.2. The maximum Gasteiger partial charge on any atom is 0.389 e. The number of aryl methyl sites for hydroxylation is 1. The summed E-state index contributed by atoms with van der Waals surface area (Å²) in [5.74, 6) is -0.704. The third-order valence-electron chi connectivity index (χ3n) is 5.41. The molecule has 142 valence electrons. The van der Waals surface area contributed by atoms with E-state index in [-0.39, 0.29) is 12.5 Å². The lowest BCUT2D eigenvalue weighted by Crippen LogP contribution is -2.48. The molecule has 1 N–H and O–H groups in total. The summed E-state index contributed by atoms with van der Waals surface area (Å²) in [4.78, 5) is 26.8. The van der Waals surface area contributed by atoms with Crippen LogP contribution in [0, 0.1) is 0 Å². The van der Waals surface area contributed by atoms with E-state index < -0.39 is 30.2 Å². The molecule has 0 aliphatic carbocycles. The van der Waals surface area contributed by atoms with Gasteiger partial charge >= 0.3 is 6.18 Å². The second-order valence-corrected chi connectivity index (χ2v) is 7.04. The van der Waals surface area contributed by atoms with Crippen molar-refractivity contribution in [3.63, 3.8) is 0 Å². The number of alkyl halides is 3. The quantitative estimate of drug-likeness (QED) is 0.869. The molecule has 4 nitrogen and oxygen atoms in total. The fourth-order valence-corrected chi connectivity index (χ4v) is 4.14. The molecule has 1 amide bonds.